The molecular weight excluding hydrogens is 296 g/mol. The van der Waals surface area contributed by atoms with Crippen LogP contribution in [0.2, 0.25) is 0 Å². The van der Waals surface area contributed by atoms with E-state index < -0.39 is 6.04 Å². The summed E-state index contributed by atoms with van der Waals surface area (Å²) in [6.07, 6.45) is 5.83. The normalized spacial score (nSPS) is 32.1. The fraction of sp³-hybridized carbons (Fsp3) is 0.812. The third kappa shape index (κ3) is 3.65. The molecule has 2 aliphatic heterocycles. The minimum absolute atomic E-state index is 0.0187. The van der Waals surface area contributed by atoms with Gasteiger partial charge in [0.05, 0.1) is 12.5 Å². The zero-order valence-corrected chi connectivity index (χ0v) is 13.4. The molecule has 7 nitrogen and oxygen atoms in total. The van der Waals surface area contributed by atoms with Gasteiger partial charge in [0, 0.05) is 31.1 Å². The number of carbonyl (C=O) groups is 3. The maximum absolute atomic E-state index is 12.4. The highest BCUT2D eigenvalue weighted by atomic mass is 16.2. The standard InChI is InChI=1S/C16H26N4O3/c17-15(22)10-5-7-20(8-6-10)14(21)9-13-16(23)19-12-4-2-1-3-11(12)18-13/h10-13,18H,1-9H2,(H2,17,22)(H,19,23)/t11-,12+,13+/m0/s1. The van der Waals surface area contributed by atoms with Gasteiger partial charge in [-0.05, 0) is 25.7 Å². The summed E-state index contributed by atoms with van der Waals surface area (Å²) in [6, 6.07) is 0.0736. The molecule has 0 unspecified atom stereocenters. The Morgan fingerprint density at radius 2 is 1.74 bits per heavy atom. The predicted octanol–water partition coefficient (Wildman–Crippen LogP) is -0.500. The van der Waals surface area contributed by atoms with Gasteiger partial charge in [0.25, 0.3) is 0 Å². The van der Waals surface area contributed by atoms with Crippen molar-refractivity contribution >= 4 is 17.7 Å². The minimum atomic E-state index is -0.435. The zero-order valence-electron chi connectivity index (χ0n) is 13.4. The molecule has 1 saturated carbocycles. The van der Waals surface area contributed by atoms with Gasteiger partial charge in [-0.3, -0.25) is 14.4 Å². The molecular formula is C16H26N4O3. The summed E-state index contributed by atoms with van der Waals surface area (Å²) in [7, 11) is 0. The summed E-state index contributed by atoms with van der Waals surface area (Å²) in [5.41, 5.74) is 5.31. The van der Waals surface area contributed by atoms with Crippen molar-refractivity contribution in [1.29, 1.82) is 0 Å². The third-order valence-corrected chi connectivity index (χ3v) is 5.45. The molecule has 3 aliphatic rings. The van der Waals surface area contributed by atoms with Crippen LogP contribution >= 0.6 is 0 Å². The van der Waals surface area contributed by atoms with Crippen molar-refractivity contribution in [3.05, 3.63) is 0 Å². The Kier molecular flexibility index (Phi) is 4.84. The first-order valence-electron chi connectivity index (χ1n) is 8.68. The van der Waals surface area contributed by atoms with E-state index in [9.17, 15) is 14.4 Å². The highest BCUT2D eigenvalue weighted by Gasteiger charge is 2.38. The molecule has 3 fully saturated rings. The molecule has 2 saturated heterocycles. The number of hydrogen-bond acceptors (Lipinski definition) is 4. The largest absolute Gasteiger partial charge is 0.369 e. The molecule has 1 aliphatic carbocycles. The van der Waals surface area contributed by atoms with Gasteiger partial charge >= 0.3 is 0 Å². The van der Waals surface area contributed by atoms with Gasteiger partial charge in [-0.15, -0.1) is 0 Å². The van der Waals surface area contributed by atoms with Crippen molar-refractivity contribution in [3.8, 4) is 0 Å². The molecule has 0 aromatic carbocycles. The molecule has 0 aromatic heterocycles. The van der Waals surface area contributed by atoms with E-state index in [0.29, 0.717) is 32.0 Å². The number of nitrogens with zero attached hydrogens (tertiary/aromatic N) is 1. The number of nitrogens with one attached hydrogen (secondary N) is 2. The average molecular weight is 322 g/mol. The average Bonchev–Trinajstić information content (AvgIpc) is 2.55. The van der Waals surface area contributed by atoms with E-state index in [2.05, 4.69) is 10.6 Å². The van der Waals surface area contributed by atoms with Gasteiger partial charge in [-0.2, -0.15) is 0 Å². The molecule has 2 heterocycles. The number of likely N-dealkylation sites (tertiary alicyclic amines) is 1. The van der Waals surface area contributed by atoms with E-state index in [-0.39, 0.29) is 36.1 Å². The van der Waals surface area contributed by atoms with Crippen molar-refractivity contribution in [1.82, 2.24) is 15.5 Å². The van der Waals surface area contributed by atoms with Crippen molar-refractivity contribution in [2.45, 2.75) is 63.1 Å². The van der Waals surface area contributed by atoms with Crippen LogP contribution in [0.25, 0.3) is 0 Å². The summed E-state index contributed by atoms with van der Waals surface area (Å²) in [4.78, 5) is 37.6. The molecule has 4 N–H and O–H groups in total. The lowest BCUT2D eigenvalue weighted by atomic mass is 9.87. The minimum Gasteiger partial charge on any atom is -0.369 e. The van der Waals surface area contributed by atoms with Crippen molar-refractivity contribution < 1.29 is 14.4 Å². The van der Waals surface area contributed by atoms with E-state index in [1.54, 1.807) is 4.90 Å². The molecule has 3 amide bonds. The molecule has 7 heteroatoms. The van der Waals surface area contributed by atoms with Gasteiger partial charge < -0.3 is 21.3 Å². The van der Waals surface area contributed by atoms with Crippen LogP contribution in [0.5, 0.6) is 0 Å². The molecule has 3 rings (SSSR count). The SMILES string of the molecule is NC(=O)C1CCN(C(=O)C[C@H]2N[C@H]3CCCC[C@H]3NC2=O)CC1. The summed E-state index contributed by atoms with van der Waals surface area (Å²) < 4.78 is 0. The van der Waals surface area contributed by atoms with E-state index in [4.69, 9.17) is 5.73 Å². The van der Waals surface area contributed by atoms with Crippen LogP contribution in [0, 0.1) is 5.92 Å². The highest BCUT2D eigenvalue weighted by molar-refractivity contribution is 5.89. The lowest BCUT2D eigenvalue weighted by molar-refractivity contribution is -0.138. The second-order valence-corrected chi connectivity index (χ2v) is 6.99. The van der Waals surface area contributed by atoms with Crippen LogP contribution in [0.1, 0.15) is 44.9 Å². The van der Waals surface area contributed by atoms with Crippen molar-refractivity contribution in [2.24, 2.45) is 11.7 Å². The maximum Gasteiger partial charge on any atom is 0.237 e. The first kappa shape index (κ1) is 16.2. The van der Waals surface area contributed by atoms with E-state index >= 15 is 0 Å². The predicted molar refractivity (Wildman–Crippen MR) is 84.2 cm³/mol. The Morgan fingerprint density at radius 1 is 1.09 bits per heavy atom. The number of fused-ring (bicyclic) bond motifs is 1. The van der Waals surface area contributed by atoms with Crippen LogP contribution in [-0.4, -0.2) is 53.8 Å². The highest BCUT2D eigenvalue weighted by Crippen LogP contribution is 2.23. The number of amides is 3. The Bertz CT molecular complexity index is 488. The lowest BCUT2D eigenvalue weighted by Crippen LogP contribution is -2.65. The molecule has 0 bridgehead atoms. The monoisotopic (exact) mass is 322 g/mol. The van der Waals surface area contributed by atoms with Crippen molar-refractivity contribution in [2.75, 3.05) is 13.1 Å². The van der Waals surface area contributed by atoms with Crippen LogP contribution in [0.4, 0.5) is 0 Å². The molecule has 0 spiro atoms. The number of carbonyl (C=O) groups excluding carboxylic acids is 3. The van der Waals surface area contributed by atoms with Gasteiger partial charge in [0.15, 0.2) is 0 Å². The van der Waals surface area contributed by atoms with Gasteiger partial charge in [0.2, 0.25) is 17.7 Å². The van der Waals surface area contributed by atoms with Crippen LogP contribution in [-0.2, 0) is 14.4 Å². The molecule has 3 atom stereocenters. The summed E-state index contributed by atoms with van der Waals surface area (Å²) >= 11 is 0. The number of piperidine rings is 1. The van der Waals surface area contributed by atoms with Crippen LogP contribution in [0.15, 0.2) is 0 Å². The first-order chi connectivity index (χ1) is 11.0. The van der Waals surface area contributed by atoms with Crippen LogP contribution in [0.3, 0.4) is 0 Å². The number of piperazine rings is 1. The molecule has 128 valence electrons. The second kappa shape index (κ2) is 6.86. The fourth-order valence-corrected chi connectivity index (χ4v) is 3.99. The topological polar surface area (TPSA) is 105 Å². The number of hydrogen-bond donors (Lipinski definition) is 3. The second-order valence-electron chi connectivity index (χ2n) is 6.99. The quantitative estimate of drug-likeness (QED) is 0.651. The smallest absolute Gasteiger partial charge is 0.237 e. The first-order valence-corrected chi connectivity index (χ1v) is 8.68. The summed E-state index contributed by atoms with van der Waals surface area (Å²) in [5, 5.41) is 6.43. The Morgan fingerprint density at radius 3 is 2.39 bits per heavy atom. The van der Waals surface area contributed by atoms with Crippen LogP contribution < -0.4 is 16.4 Å². The van der Waals surface area contributed by atoms with Crippen molar-refractivity contribution in [3.63, 3.8) is 0 Å². The number of nitrogens with two attached hydrogens (primary N) is 1. The van der Waals surface area contributed by atoms with Gasteiger partial charge in [-0.25, -0.2) is 0 Å². The van der Waals surface area contributed by atoms with Gasteiger partial charge in [-0.1, -0.05) is 12.8 Å². The molecule has 23 heavy (non-hydrogen) atoms. The summed E-state index contributed by atoms with van der Waals surface area (Å²) in [6.45, 7) is 1.10. The van der Waals surface area contributed by atoms with Gasteiger partial charge in [0.1, 0.15) is 0 Å². The lowest BCUT2D eigenvalue weighted by Gasteiger charge is -2.41. The van der Waals surface area contributed by atoms with E-state index in [1.165, 1.54) is 6.42 Å². The molecule has 0 aromatic rings. The molecule has 0 radical (unpaired) electrons. The van der Waals surface area contributed by atoms with E-state index in [0.717, 1.165) is 19.3 Å². The Hall–Kier alpha value is -1.63. The fourth-order valence-electron chi connectivity index (χ4n) is 3.99. The summed E-state index contributed by atoms with van der Waals surface area (Å²) in [5.74, 6) is -0.490. The third-order valence-electron chi connectivity index (χ3n) is 5.45. The Labute approximate surface area is 136 Å². The zero-order chi connectivity index (χ0) is 16.4. The number of rotatable bonds is 3. The van der Waals surface area contributed by atoms with E-state index in [1.807, 2.05) is 0 Å². The number of primary amides is 1. The maximum atomic E-state index is 12.4. The Balaban J connectivity index is 1.51.